The molecule has 2 aliphatic heterocycles. The third-order valence-corrected chi connectivity index (χ3v) is 8.74. The van der Waals surface area contributed by atoms with E-state index in [4.69, 9.17) is 4.74 Å². The van der Waals surface area contributed by atoms with Gasteiger partial charge in [0.2, 0.25) is 11.8 Å². The summed E-state index contributed by atoms with van der Waals surface area (Å²) in [4.78, 5) is 41.7. The summed E-state index contributed by atoms with van der Waals surface area (Å²) in [6.07, 6.45) is 15.0. The normalized spacial score (nSPS) is 27.7. The van der Waals surface area contributed by atoms with Gasteiger partial charge in [0.25, 0.3) is 0 Å². The minimum atomic E-state index is -0.487. The number of rotatable bonds is 7. The average molecular weight is 539 g/mol. The molecule has 0 unspecified atom stereocenters. The predicted molar refractivity (Wildman–Crippen MR) is 151 cm³/mol. The number of nitrogens with one attached hydrogen (secondary N) is 1. The molecule has 0 aromatic heterocycles. The Hall–Kier alpha value is -2.67. The third kappa shape index (κ3) is 8.92. The minimum absolute atomic E-state index is 0.0402. The van der Waals surface area contributed by atoms with E-state index in [1.54, 1.807) is 4.90 Å². The van der Waals surface area contributed by atoms with Crippen LogP contribution in [0.1, 0.15) is 82.6 Å². The zero-order chi connectivity index (χ0) is 27.5. The highest BCUT2D eigenvalue weighted by atomic mass is 16.5. The van der Waals surface area contributed by atoms with Gasteiger partial charge in [-0.2, -0.15) is 0 Å². The van der Waals surface area contributed by atoms with Crippen molar-refractivity contribution in [2.24, 2.45) is 17.8 Å². The third-order valence-electron chi connectivity index (χ3n) is 8.74. The van der Waals surface area contributed by atoms with Crippen LogP contribution in [0.15, 0.2) is 42.5 Å². The summed E-state index contributed by atoms with van der Waals surface area (Å²) in [7, 11) is 0. The van der Waals surface area contributed by atoms with Crippen LogP contribution in [0, 0.1) is 17.8 Å². The van der Waals surface area contributed by atoms with E-state index < -0.39 is 5.92 Å². The number of carbonyl (C=O) groups is 3. The first-order valence-corrected chi connectivity index (χ1v) is 15.1. The lowest BCUT2D eigenvalue weighted by molar-refractivity contribution is -0.150. The van der Waals surface area contributed by atoms with Crippen LogP contribution in [0.2, 0.25) is 0 Å². The number of allylic oxidation sites excluding steroid dienone is 2. The first kappa shape index (κ1) is 29.3. The van der Waals surface area contributed by atoms with E-state index in [1.165, 1.54) is 19.3 Å². The van der Waals surface area contributed by atoms with Gasteiger partial charge in [-0.05, 0) is 56.4 Å². The van der Waals surface area contributed by atoms with Gasteiger partial charge in [-0.1, -0.05) is 74.6 Å². The SMILES string of the molecule is O=C1N[C@@H](CC2CCCCC2)COC(=O)[C@@H](Cc2ccccc2)CCC=CC[C@@H]1CC(=O)N1CCC[C@H]1CO. The maximum absolute atomic E-state index is 13.6. The van der Waals surface area contributed by atoms with Gasteiger partial charge in [0, 0.05) is 13.0 Å². The highest BCUT2D eigenvalue weighted by molar-refractivity contribution is 5.86. The van der Waals surface area contributed by atoms with Crippen LogP contribution in [0.4, 0.5) is 0 Å². The van der Waals surface area contributed by atoms with Gasteiger partial charge in [0.05, 0.1) is 30.5 Å². The Kier molecular flexibility index (Phi) is 11.4. The molecule has 2 heterocycles. The van der Waals surface area contributed by atoms with Crippen LogP contribution in [-0.4, -0.2) is 59.6 Å². The van der Waals surface area contributed by atoms with E-state index in [0.717, 1.165) is 37.7 Å². The molecule has 1 aromatic rings. The number of nitrogens with zero attached hydrogens (tertiary/aromatic N) is 1. The van der Waals surface area contributed by atoms with Crippen molar-refractivity contribution in [1.82, 2.24) is 10.2 Å². The molecule has 0 spiro atoms. The summed E-state index contributed by atoms with van der Waals surface area (Å²) in [6.45, 7) is 0.762. The van der Waals surface area contributed by atoms with Crippen LogP contribution in [0.5, 0.6) is 0 Å². The Morgan fingerprint density at radius 3 is 2.54 bits per heavy atom. The molecular formula is C32H46N2O5. The van der Waals surface area contributed by atoms with Crippen molar-refractivity contribution in [2.45, 2.75) is 95.6 Å². The van der Waals surface area contributed by atoms with Gasteiger partial charge in [-0.3, -0.25) is 14.4 Å². The first-order valence-electron chi connectivity index (χ1n) is 15.1. The lowest BCUT2D eigenvalue weighted by Crippen LogP contribution is -2.45. The molecule has 4 atom stereocenters. The molecule has 7 heteroatoms. The summed E-state index contributed by atoms with van der Waals surface area (Å²) in [5.74, 6) is -0.642. The number of amides is 2. The fraction of sp³-hybridized carbons (Fsp3) is 0.656. The number of carbonyl (C=O) groups excluding carboxylic acids is 3. The molecule has 4 rings (SSSR count). The Labute approximate surface area is 233 Å². The number of hydrogen-bond donors (Lipinski definition) is 2. The molecule has 2 amide bonds. The molecule has 2 fully saturated rings. The summed E-state index contributed by atoms with van der Waals surface area (Å²) < 4.78 is 5.89. The number of benzene rings is 1. The second-order valence-corrected chi connectivity index (χ2v) is 11.7. The summed E-state index contributed by atoms with van der Waals surface area (Å²) in [5.41, 5.74) is 1.11. The molecule has 214 valence electrons. The van der Waals surface area contributed by atoms with Gasteiger partial charge in [-0.25, -0.2) is 0 Å². The Morgan fingerprint density at radius 2 is 1.77 bits per heavy atom. The highest BCUT2D eigenvalue weighted by Gasteiger charge is 2.32. The van der Waals surface area contributed by atoms with Crippen molar-refractivity contribution < 1.29 is 24.2 Å². The van der Waals surface area contributed by atoms with E-state index in [-0.39, 0.29) is 55.4 Å². The topological polar surface area (TPSA) is 95.9 Å². The fourth-order valence-electron chi connectivity index (χ4n) is 6.46. The minimum Gasteiger partial charge on any atom is -0.463 e. The largest absolute Gasteiger partial charge is 0.463 e. The average Bonchev–Trinajstić information content (AvgIpc) is 3.44. The first-order chi connectivity index (χ1) is 19.0. The number of esters is 1. The smallest absolute Gasteiger partial charge is 0.309 e. The fourth-order valence-corrected chi connectivity index (χ4v) is 6.46. The molecule has 0 bridgehead atoms. The summed E-state index contributed by atoms with van der Waals surface area (Å²) in [5, 5.41) is 12.9. The predicted octanol–water partition coefficient (Wildman–Crippen LogP) is 4.57. The lowest BCUT2D eigenvalue weighted by Gasteiger charge is -2.29. The number of hydrogen-bond acceptors (Lipinski definition) is 5. The Balaban J connectivity index is 1.48. The Morgan fingerprint density at radius 1 is 0.974 bits per heavy atom. The van der Waals surface area contributed by atoms with Crippen molar-refractivity contribution in [3.63, 3.8) is 0 Å². The molecule has 1 saturated heterocycles. The van der Waals surface area contributed by atoms with E-state index >= 15 is 0 Å². The zero-order valence-corrected chi connectivity index (χ0v) is 23.3. The van der Waals surface area contributed by atoms with Crippen molar-refractivity contribution in [2.75, 3.05) is 19.8 Å². The molecule has 1 aliphatic carbocycles. The molecule has 3 aliphatic rings. The van der Waals surface area contributed by atoms with Crippen LogP contribution in [-0.2, 0) is 25.5 Å². The molecule has 2 N–H and O–H groups in total. The molecule has 0 radical (unpaired) electrons. The number of aliphatic hydroxyl groups is 1. The van der Waals surface area contributed by atoms with E-state index in [0.29, 0.717) is 38.1 Å². The van der Waals surface area contributed by atoms with E-state index in [9.17, 15) is 19.5 Å². The maximum Gasteiger partial charge on any atom is 0.309 e. The van der Waals surface area contributed by atoms with E-state index in [2.05, 4.69) is 5.32 Å². The lowest BCUT2D eigenvalue weighted by atomic mass is 9.84. The number of cyclic esters (lactones) is 1. The molecule has 1 saturated carbocycles. The van der Waals surface area contributed by atoms with Crippen LogP contribution >= 0.6 is 0 Å². The number of ether oxygens (including phenoxy) is 1. The van der Waals surface area contributed by atoms with Gasteiger partial charge >= 0.3 is 5.97 Å². The second kappa shape index (κ2) is 15.2. The van der Waals surface area contributed by atoms with Crippen molar-refractivity contribution in [1.29, 1.82) is 0 Å². The van der Waals surface area contributed by atoms with Crippen molar-refractivity contribution >= 4 is 17.8 Å². The number of aliphatic hydroxyl groups excluding tert-OH is 1. The van der Waals surface area contributed by atoms with E-state index in [1.807, 2.05) is 42.5 Å². The standard InChI is InChI=1S/C32H46N2O5/c35-22-29-17-10-18-34(29)30(36)21-26-15-8-3-9-16-27(19-24-11-4-1-5-12-24)32(38)39-23-28(33-31(26)37)20-25-13-6-2-7-14-25/h1,3-5,8,11-12,25-29,35H,2,6-7,9-10,13-23H2,(H,33,37)/t26-,27-,28+,29+/m1/s1. The Bertz CT molecular complexity index is 959. The van der Waals surface area contributed by atoms with Crippen molar-refractivity contribution in [3.05, 3.63) is 48.0 Å². The van der Waals surface area contributed by atoms with Gasteiger partial charge in [0.1, 0.15) is 6.61 Å². The number of likely N-dealkylation sites (tertiary alicyclic amines) is 1. The quantitative estimate of drug-likeness (QED) is 0.392. The van der Waals surface area contributed by atoms with Crippen molar-refractivity contribution in [3.8, 4) is 0 Å². The maximum atomic E-state index is 13.6. The summed E-state index contributed by atoms with van der Waals surface area (Å²) >= 11 is 0. The van der Waals surface area contributed by atoms with Crippen LogP contribution in [0.3, 0.4) is 0 Å². The molecular weight excluding hydrogens is 492 g/mol. The second-order valence-electron chi connectivity index (χ2n) is 11.7. The molecule has 7 nitrogen and oxygen atoms in total. The zero-order valence-electron chi connectivity index (χ0n) is 23.3. The summed E-state index contributed by atoms with van der Waals surface area (Å²) in [6, 6.07) is 9.62. The van der Waals surface area contributed by atoms with Gasteiger partial charge in [-0.15, -0.1) is 0 Å². The van der Waals surface area contributed by atoms with Gasteiger partial charge < -0.3 is 20.1 Å². The van der Waals surface area contributed by atoms with Crippen LogP contribution < -0.4 is 5.32 Å². The highest BCUT2D eigenvalue weighted by Crippen LogP contribution is 2.28. The van der Waals surface area contributed by atoms with Gasteiger partial charge in [0.15, 0.2) is 0 Å². The molecule has 39 heavy (non-hydrogen) atoms. The van der Waals surface area contributed by atoms with Crippen LogP contribution in [0.25, 0.3) is 0 Å². The molecule has 1 aromatic carbocycles. The monoisotopic (exact) mass is 538 g/mol.